The van der Waals surface area contributed by atoms with E-state index in [2.05, 4.69) is 31.5 Å². The van der Waals surface area contributed by atoms with Crippen LogP contribution in [-0.2, 0) is 4.79 Å². The molecule has 0 aliphatic carbocycles. The Balaban J connectivity index is 2.41. The second-order valence-electron chi connectivity index (χ2n) is 4.10. The van der Waals surface area contributed by atoms with Gasteiger partial charge >= 0.3 is 5.97 Å². The van der Waals surface area contributed by atoms with Gasteiger partial charge in [0.1, 0.15) is 0 Å². The van der Waals surface area contributed by atoms with Gasteiger partial charge in [0.05, 0.1) is 0 Å². The Kier molecular flexibility index (Phi) is 4.26. The molecular formula is C12H13BrN4O2. The average molecular weight is 325 g/mol. The molecule has 1 N–H and O–H groups in total. The van der Waals surface area contributed by atoms with Crippen LogP contribution in [0.25, 0.3) is 11.4 Å². The number of carboxylic acid groups (broad SMARTS) is 1. The Hall–Kier alpha value is -1.76. The van der Waals surface area contributed by atoms with Crippen molar-refractivity contribution in [1.82, 2.24) is 20.2 Å². The van der Waals surface area contributed by atoms with E-state index in [1.165, 1.54) is 4.68 Å². The summed E-state index contributed by atoms with van der Waals surface area (Å²) in [6.07, 6.45) is 1.24. The van der Waals surface area contributed by atoms with E-state index < -0.39 is 12.0 Å². The number of aromatic nitrogens is 4. The zero-order valence-corrected chi connectivity index (χ0v) is 11.9. The lowest BCUT2D eigenvalue weighted by atomic mass is 10.1. The summed E-state index contributed by atoms with van der Waals surface area (Å²) >= 11 is 3.35. The van der Waals surface area contributed by atoms with Crippen LogP contribution < -0.4 is 0 Å². The molecule has 19 heavy (non-hydrogen) atoms. The zero-order chi connectivity index (χ0) is 13.8. The predicted octanol–water partition coefficient (Wildman–Crippen LogP) is 2.53. The predicted molar refractivity (Wildman–Crippen MR) is 72.5 cm³/mol. The Morgan fingerprint density at radius 1 is 1.42 bits per heavy atom. The van der Waals surface area contributed by atoms with E-state index in [1.54, 1.807) is 0 Å². The number of hydrogen-bond donors (Lipinski definition) is 1. The Morgan fingerprint density at radius 3 is 2.68 bits per heavy atom. The number of hydrogen-bond acceptors (Lipinski definition) is 4. The summed E-state index contributed by atoms with van der Waals surface area (Å²) in [7, 11) is 0. The van der Waals surface area contributed by atoms with E-state index in [0.29, 0.717) is 12.2 Å². The SMILES string of the molecule is CCCC(C(=O)O)n1nnnc1-c1ccc(Br)cc1. The minimum atomic E-state index is -0.924. The third kappa shape index (κ3) is 2.98. The standard InChI is InChI=1S/C12H13BrN4O2/c1-2-3-10(12(18)19)17-11(14-15-16-17)8-4-6-9(13)7-5-8/h4-7,10H,2-3H2,1H3,(H,18,19). The average Bonchev–Trinajstić information content (AvgIpc) is 2.85. The molecule has 1 aromatic carbocycles. The highest BCUT2D eigenvalue weighted by Crippen LogP contribution is 2.23. The fraction of sp³-hybridized carbons (Fsp3) is 0.333. The molecule has 0 aliphatic heterocycles. The Labute approximate surface area is 118 Å². The third-order valence-corrected chi connectivity index (χ3v) is 3.27. The molecule has 1 aromatic heterocycles. The first-order valence-corrected chi connectivity index (χ1v) is 6.69. The van der Waals surface area contributed by atoms with Gasteiger partial charge in [0.2, 0.25) is 0 Å². The van der Waals surface area contributed by atoms with Gasteiger partial charge in [-0.2, -0.15) is 0 Å². The van der Waals surface area contributed by atoms with Gasteiger partial charge in [0.15, 0.2) is 11.9 Å². The molecule has 0 radical (unpaired) electrons. The van der Waals surface area contributed by atoms with Crippen LogP contribution in [-0.4, -0.2) is 31.3 Å². The summed E-state index contributed by atoms with van der Waals surface area (Å²) < 4.78 is 2.31. The number of rotatable bonds is 5. The molecule has 0 aliphatic rings. The quantitative estimate of drug-likeness (QED) is 0.913. The molecule has 1 atom stereocenters. The van der Waals surface area contributed by atoms with Crippen LogP contribution in [0, 0.1) is 0 Å². The van der Waals surface area contributed by atoms with Gasteiger partial charge in [-0.15, -0.1) is 5.10 Å². The molecular weight excluding hydrogens is 312 g/mol. The molecule has 6 nitrogen and oxygen atoms in total. The van der Waals surface area contributed by atoms with Crippen LogP contribution in [0.15, 0.2) is 28.7 Å². The van der Waals surface area contributed by atoms with Gasteiger partial charge in [0.25, 0.3) is 0 Å². The molecule has 0 saturated carbocycles. The number of carbonyl (C=O) groups is 1. The number of halogens is 1. The number of carboxylic acids is 1. The number of benzene rings is 1. The summed E-state index contributed by atoms with van der Waals surface area (Å²) in [5.74, 6) is -0.458. The van der Waals surface area contributed by atoms with Crippen molar-refractivity contribution in [3.05, 3.63) is 28.7 Å². The molecule has 7 heteroatoms. The second kappa shape index (κ2) is 5.92. The first-order valence-electron chi connectivity index (χ1n) is 5.90. The highest BCUT2D eigenvalue weighted by atomic mass is 79.9. The summed E-state index contributed by atoms with van der Waals surface area (Å²) in [4.78, 5) is 11.3. The Morgan fingerprint density at radius 2 is 2.11 bits per heavy atom. The number of nitrogens with zero attached hydrogens (tertiary/aromatic N) is 4. The molecule has 0 fully saturated rings. The largest absolute Gasteiger partial charge is 0.480 e. The van der Waals surface area contributed by atoms with Crippen LogP contribution in [0.2, 0.25) is 0 Å². The van der Waals surface area contributed by atoms with Crippen LogP contribution in [0.5, 0.6) is 0 Å². The molecule has 0 saturated heterocycles. The normalized spacial score (nSPS) is 12.3. The maximum atomic E-state index is 11.3. The fourth-order valence-electron chi connectivity index (χ4n) is 1.82. The summed E-state index contributed by atoms with van der Waals surface area (Å²) in [6.45, 7) is 1.93. The van der Waals surface area contributed by atoms with Gasteiger partial charge in [-0.05, 0) is 29.0 Å². The van der Waals surface area contributed by atoms with Crippen molar-refractivity contribution in [2.24, 2.45) is 0 Å². The highest BCUT2D eigenvalue weighted by Gasteiger charge is 2.24. The second-order valence-corrected chi connectivity index (χ2v) is 5.01. The van der Waals surface area contributed by atoms with Crippen LogP contribution >= 0.6 is 15.9 Å². The van der Waals surface area contributed by atoms with Gasteiger partial charge in [-0.25, -0.2) is 9.48 Å². The summed E-state index contributed by atoms with van der Waals surface area (Å²) in [5, 5.41) is 20.6. The van der Waals surface area contributed by atoms with Crippen molar-refractivity contribution >= 4 is 21.9 Å². The highest BCUT2D eigenvalue weighted by molar-refractivity contribution is 9.10. The third-order valence-electron chi connectivity index (χ3n) is 2.74. The van der Waals surface area contributed by atoms with Gasteiger partial charge < -0.3 is 5.11 Å². The van der Waals surface area contributed by atoms with E-state index >= 15 is 0 Å². The lowest BCUT2D eigenvalue weighted by Gasteiger charge is -2.12. The molecule has 100 valence electrons. The number of tetrazole rings is 1. The van der Waals surface area contributed by atoms with Crippen LogP contribution in [0.4, 0.5) is 0 Å². The van der Waals surface area contributed by atoms with Gasteiger partial charge in [-0.1, -0.05) is 41.4 Å². The Bertz CT molecular complexity index is 567. The lowest BCUT2D eigenvalue weighted by Crippen LogP contribution is -2.21. The summed E-state index contributed by atoms with van der Waals surface area (Å²) in [6, 6.07) is 6.68. The maximum absolute atomic E-state index is 11.3. The van der Waals surface area contributed by atoms with Crippen molar-refractivity contribution in [2.45, 2.75) is 25.8 Å². The monoisotopic (exact) mass is 324 g/mol. The van der Waals surface area contributed by atoms with Crippen molar-refractivity contribution in [2.75, 3.05) is 0 Å². The van der Waals surface area contributed by atoms with Crippen LogP contribution in [0.3, 0.4) is 0 Å². The maximum Gasteiger partial charge on any atom is 0.328 e. The van der Waals surface area contributed by atoms with E-state index in [1.807, 2.05) is 31.2 Å². The molecule has 0 spiro atoms. The van der Waals surface area contributed by atoms with E-state index in [-0.39, 0.29) is 0 Å². The lowest BCUT2D eigenvalue weighted by molar-refractivity contribution is -0.141. The molecule has 2 rings (SSSR count). The smallest absolute Gasteiger partial charge is 0.328 e. The van der Waals surface area contributed by atoms with Crippen molar-refractivity contribution in [3.8, 4) is 11.4 Å². The molecule has 0 amide bonds. The molecule has 0 bridgehead atoms. The first-order chi connectivity index (χ1) is 9.13. The van der Waals surface area contributed by atoms with Crippen LogP contribution in [0.1, 0.15) is 25.8 Å². The van der Waals surface area contributed by atoms with Crippen molar-refractivity contribution in [1.29, 1.82) is 0 Å². The number of aliphatic carboxylic acids is 1. The van der Waals surface area contributed by atoms with E-state index in [4.69, 9.17) is 0 Å². The fourth-order valence-corrected chi connectivity index (χ4v) is 2.08. The van der Waals surface area contributed by atoms with Crippen molar-refractivity contribution in [3.63, 3.8) is 0 Å². The van der Waals surface area contributed by atoms with Gasteiger partial charge in [-0.3, -0.25) is 0 Å². The van der Waals surface area contributed by atoms with Gasteiger partial charge in [0, 0.05) is 10.0 Å². The molecule has 1 heterocycles. The minimum Gasteiger partial charge on any atom is -0.480 e. The molecule has 1 unspecified atom stereocenters. The zero-order valence-electron chi connectivity index (χ0n) is 10.3. The first kappa shape index (κ1) is 13.7. The van der Waals surface area contributed by atoms with E-state index in [0.717, 1.165) is 16.5 Å². The topological polar surface area (TPSA) is 80.9 Å². The van der Waals surface area contributed by atoms with E-state index in [9.17, 15) is 9.90 Å². The summed E-state index contributed by atoms with van der Waals surface area (Å²) in [5.41, 5.74) is 0.788. The molecule has 2 aromatic rings. The van der Waals surface area contributed by atoms with Crippen molar-refractivity contribution < 1.29 is 9.90 Å². The minimum absolute atomic E-state index is 0.466.